The molecule has 2 aromatic rings. The van der Waals surface area contributed by atoms with Crippen molar-refractivity contribution in [3.05, 3.63) is 26.3 Å². The number of rotatable bonds is 4. The number of ether oxygens (including phenoxy) is 2. The largest absolute Gasteiger partial charge is 0.446 e. The number of carbonyl (C=O) groups excluding carboxylic acids is 1. The van der Waals surface area contributed by atoms with Gasteiger partial charge in [-0.1, -0.05) is 5.92 Å². The molecule has 3 N–H and O–H groups in total. The van der Waals surface area contributed by atoms with Gasteiger partial charge in [-0.25, -0.2) is 9.78 Å². The van der Waals surface area contributed by atoms with Crippen LogP contribution in [0.3, 0.4) is 0 Å². The van der Waals surface area contributed by atoms with Crippen molar-refractivity contribution in [1.29, 1.82) is 0 Å². The summed E-state index contributed by atoms with van der Waals surface area (Å²) in [5.74, 6) is 2.00. The summed E-state index contributed by atoms with van der Waals surface area (Å²) in [5.41, 5.74) is -1.55. The Bertz CT molecular complexity index is 910. The average molecular weight is 377 g/mol. The summed E-state index contributed by atoms with van der Waals surface area (Å²) in [6.45, 7) is 6.19. The van der Waals surface area contributed by atoms with Crippen LogP contribution >= 0.6 is 0 Å². The molecule has 0 spiro atoms. The molecular weight excluding hydrogens is 361 g/mol. The molecule has 3 rings (SSSR count). The second-order valence-corrected chi connectivity index (χ2v) is 5.83. The average Bonchev–Trinajstić information content (AvgIpc) is 3.15. The number of nitrogens with one attached hydrogen (secondary N) is 1. The Morgan fingerprint density at radius 3 is 2.96 bits per heavy atom. The first-order valence-corrected chi connectivity index (χ1v) is 7.78. The fourth-order valence-corrected chi connectivity index (χ4v) is 2.70. The maximum Gasteiger partial charge on any atom is 0.413 e. The SMILES string of the molecule is C#C[C@]1(CO)O[C@@H](n2cnc3c(NC(=O)OC([CH2])[CH2])nc(F)nc32)C[C@@H]1O. The number of imidazole rings is 1. The fraction of sp³-hybridized carbons (Fsp3) is 0.375. The number of anilines is 1. The van der Waals surface area contributed by atoms with Crippen LogP contribution in [0.5, 0.6) is 0 Å². The highest BCUT2D eigenvalue weighted by molar-refractivity contribution is 5.93. The Balaban J connectivity index is 1.96. The number of aromatic nitrogens is 4. The molecule has 0 aromatic carbocycles. The van der Waals surface area contributed by atoms with Gasteiger partial charge in [0.25, 0.3) is 0 Å². The Morgan fingerprint density at radius 1 is 1.63 bits per heavy atom. The van der Waals surface area contributed by atoms with Crippen molar-refractivity contribution in [3.63, 3.8) is 0 Å². The van der Waals surface area contributed by atoms with Crippen LogP contribution in [0.25, 0.3) is 11.2 Å². The number of terminal acetylenes is 1. The Hall–Kier alpha value is -2.81. The fourth-order valence-electron chi connectivity index (χ4n) is 2.70. The molecule has 1 aliphatic heterocycles. The minimum Gasteiger partial charge on any atom is -0.446 e. The van der Waals surface area contributed by atoms with E-state index in [1.165, 1.54) is 10.9 Å². The molecular formula is C16H16FN5O5. The van der Waals surface area contributed by atoms with Crippen molar-refractivity contribution >= 4 is 23.1 Å². The van der Waals surface area contributed by atoms with Gasteiger partial charge < -0.3 is 19.7 Å². The normalized spacial score (nSPS) is 24.9. The molecule has 1 fully saturated rings. The van der Waals surface area contributed by atoms with Crippen LogP contribution in [0.15, 0.2) is 6.33 Å². The van der Waals surface area contributed by atoms with Gasteiger partial charge in [0.05, 0.1) is 12.9 Å². The van der Waals surface area contributed by atoms with Crippen molar-refractivity contribution in [2.75, 3.05) is 11.9 Å². The maximum absolute atomic E-state index is 13.9. The molecule has 3 atom stereocenters. The molecule has 2 radical (unpaired) electrons. The third-order valence-corrected chi connectivity index (χ3v) is 3.99. The van der Waals surface area contributed by atoms with Gasteiger partial charge in [-0.2, -0.15) is 14.4 Å². The minimum absolute atomic E-state index is 0.0112. The summed E-state index contributed by atoms with van der Waals surface area (Å²) in [5, 5.41) is 21.8. The van der Waals surface area contributed by atoms with Crippen molar-refractivity contribution < 1.29 is 28.9 Å². The Morgan fingerprint density at radius 2 is 2.37 bits per heavy atom. The third kappa shape index (κ3) is 3.42. The standard InChI is InChI=1S/C16H16FN5O5/c1-4-16(6-23)9(24)5-10(27-16)22-7-18-11-12(19-14(17)21-13(11)22)20-15(25)26-8(2)3/h1,7-10,23-24H,2-3,5-6H2,(H,19,20,21,25)/t9-,10+,16+/m0/s1. The van der Waals surface area contributed by atoms with Gasteiger partial charge in [-0.15, -0.1) is 6.42 Å². The lowest BCUT2D eigenvalue weighted by Crippen LogP contribution is -2.41. The molecule has 142 valence electrons. The molecule has 2 aromatic heterocycles. The Labute approximate surface area is 153 Å². The van der Waals surface area contributed by atoms with E-state index in [1.54, 1.807) is 0 Å². The molecule has 3 heterocycles. The van der Waals surface area contributed by atoms with E-state index in [9.17, 15) is 19.4 Å². The first kappa shape index (κ1) is 19.0. The molecule has 0 saturated carbocycles. The van der Waals surface area contributed by atoms with Crippen molar-refractivity contribution in [2.45, 2.75) is 30.5 Å². The van der Waals surface area contributed by atoms with Gasteiger partial charge >= 0.3 is 12.2 Å². The zero-order valence-electron chi connectivity index (χ0n) is 14.0. The number of hydrogen-bond donors (Lipinski definition) is 3. The molecule has 10 nitrogen and oxygen atoms in total. The third-order valence-electron chi connectivity index (χ3n) is 3.99. The quantitative estimate of drug-likeness (QED) is 0.508. The second-order valence-electron chi connectivity index (χ2n) is 5.83. The Kier molecular flexibility index (Phi) is 4.97. The predicted octanol–water partition coefficient (Wildman–Crippen LogP) is 0.195. The van der Waals surface area contributed by atoms with E-state index in [2.05, 4.69) is 40.0 Å². The van der Waals surface area contributed by atoms with Gasteiger partial charge in [0.15, 0.2) is 22.6 Å². The lowest BCUT2D eigenvalue weighted by atomic mass is 9.99. The van der Waals surface area contributed by atoms with Crippen LogP contribution in [-0.2, 0) is 9.47 Å². The highest BCUT2D eigenvalue weighted by Gasteiger charge is 2.47. The molecule has 27 heavy (non-hydrogen) atoms. The van der Waals surface area contributed by atoms with E-state index in [0.29, 0.717) is 0 Å². The van der Waals surface area contributed by atoms with Gasteiger partial charge in [-0.3, -0.25) is 9.88 Å². The van der Waals surface area contributed by atoms with E-state index in [1.807, 2.05) is 0 Å². The summed E-state index contributed by atoms with van der Waals surface area (Å²) in [7, 11) is 0. The van der Waals surface area contributed by atoms with Crippen LogP contribution in [0.2, 0.25) is 0 Å². The molecule has 1 aliphatic rings. The van der Waals surface area contributed by atoms with Crippen molar-refractivity contribution in [3.8, 4) is 12.3 Å². The molecule has 0 bridgehead atoms. The lowest BCUT2D eigenvalue weighted by Gasteiger charge is -2.23. The van der Waals surface area contributed by atoms with Crippen LogP contribution in [0, 0.1) is 32.3 Å². The first-order valence-electron chi connectivity index (χ1n) is 7.78. The predicted molar refractivity (Wildman–Crippen MR) is 89.3 cm³/mol. The number of amides is 1. The zero-order valence-corrected chi connectivity index (χ0v) is 14.0. The topological polar surface area (TPSA) is 132 Å². The van der Waals surface area contributed by atoms with Crippen LogP contribution in [0.4, 0.5) is 15.0 Å². The van der Waals surface area contributed by atoms with E-state index in [-0.39, 0.29) is 23.4 Å². The molecule has 11 heteroatoms. The van der Waals surface area contributed by atoms with E-state index >= 15 is 0 Å². The summed E-state index contributed by atoms with van der Waals surface area (Å²) in [6, 6.07) is 0. The number of hydrogen-bond acceptors (Lipinski definition) is 8. The number of nitrogens with zero attached hydrogens (tertiary/aromatic N) is 4. The number of halogens is 1. The summed E-state index contributed by atoms with van der Waals surface area (Å²) in [6.07, 6.45) is 1.66. The summed E-state index contributed by atoms with van der Waals surface area (Å²) < 4.78 is 25.5. The summed E-state index contributed by atoms with van der Waals surface area (Å²) >= 11 is 0. The van der Waals surface area contributed by atoms with Gasteiger partial charge in [0.2, 0.25) is 0 Å². The smallest absolute Gasteiger partial charge is 0.413 e. The van der Waals surface area contributed by atoms with E-state index < -0.39 is 42.8 Å². The summed E-state index contributed by atoms with van der Waals surface area (Å²) in [4.78, 5) is 22.9. The van der Waals surface area contributed by atoms with Crippen molar-refractivity contribution in [1.82, 2.24) is 19.5 Å². The number of fused-ring (bicyclic) bond motifs is 1. The van der Waals surface area contributed by atoms with E-state index in [4.69, 9.17) is 15.9 Å². The molecule has 0 aliphatic carbocycles. The van der Waals surface area contributed by atoms with Crippen LogP contribution in [-0.4, -0.2) is 60.2 Å². The monoisotopic (exact) mass is 377 g/mol. The van der Waals surface area contributed by atoms with Crippen LogP contribution in [0.1, 0.15) is 12.6 Å². The number of aliphatic hydroxyl groups is 2. The lowest BCUT2D eigenvalue weighted by molar-refractivity contribution is -0.0891. The highest BCUT2D eigenvalue weighted by atomic mass is 19.1. The first-order chi connectivity index (χ1) is 12.8. The maximum atomic E-state index is 13.9. The molecule has 0 unspecified atom stereocenters. The number of carbonyl (C=O) groups is 1. The van der Waals surface area contributed by atoms with Gasteiger partial charge in [0.1, 0.15) is 18.4 Å². The van der Waals surface area contributed by atoms with Crippen LogP contribution < -0.4 is 5.32 Å². The number of aliphatic hydroxyl groups excluding tert-OH is 2. The van der Waals surface area contributed by atoms with E-state index in [0.717, 1.165) is 0 Å². The zero-order chi connectivity index (χ0) is 19.8. The van der Waals surface area contributed by atoms with Gasteiger partial charge in [-0.05, 0) is 13.8 Å². The second kappa shape index (κ2) is 7.07. The molecule has 1 amide bonds. The molecule has 1 saturated heterocycles. The highest BCUT2D eigenvalue weighted by Crippen LogP contribution is 2.37. The minimum atomic E-state index is -1.59. The van der Waals surface area contributed by atoms with Gasteiger partial charge in [0, 0.05) is 6.42 Å². The van der Waals surface area contributed by atoms with Crippen molar-refractivity contribution in [2.24, 2.45) is 0 Å².